The average molecular weight is 289 g/mol. The fraction of sp³-hybridized carbons (Fsp3) is 0.182. The lowest BCUT2D eigenvalue weighted by molar-refractivity contribution is -0.175. The molecule has 0 aromatic heterocycles. The highest BCUT2D eigenvalue weighted by Crippen LogP contribution is 2.24. The normalized spacial score (nSPS) is 15.3. The Hall–Kier alpha value is -1.96. The SMILES string of the molecule is O=C(O)[C@H](O)[C@@](O)(C(=O)O)C(=O)c1ccccc1Cl. The van der Waals surface area contributed by atoms with Crippen molar-refractivity contribution >= 4 is 29.3 Å². The molecule has 0 heterocycles. The molecule has 1 aromatic carbocycles. The number of Topliss-reactive ketones (excluding diaryl/α,β-unsaturated/α-hetero) is 1. The summed E-state index contributed by atoms with van der Waals surface area (Å²) in [6.45, 7) is 0. The topological polar surface area (TPSA) is 132 Å². The smallest absolute Gasteiger partial charge is 0.347 e. The van der Waals surface area contributed by atoms with E-state index in [9.17, 15) is 24.6 Å². The number of carbonyl (C=O) groups excluding carboxylic acids is 1. The number of ketones is 1. The van der Waals surface area contributed by atoms with Crippen LogP contribution in [0.2, 0.25) is 5.02 Å². The predicted octanol–water partition coefficient (Wildman–Crippen LogP) is -0.216. The van der Waals surface area contributed by atoms with Gasteiger partial charge in [-0.3, -0.25) is 4.79 Å². The van der Waals surface area contributed by atoms with E-state index in [1.807, 2.05) is 0 Å². The quantitative estimate of drug-likeness (QED) is 0.435. The number of hydrogen-bond acceptors (Lipinski definition) is 5. The van der Waals surface area contributed by atoms with Gasteiger partial charge in [0.05, 0.1) is 5.02 Å². The molecule has 0 aliphatic heterocycles. The summed E-state index contributed by atoms with van der Waals surface area (Å²) in [5.74, 6) is -5.75. The van der Waals surface area contributed by atoms with E-state index in [2.05, 4.69) is 0 Å². The Kier molecular flexibility index (Phi) is 4.25. The van der Waals surface area contributed by atoms with E-state index in [1.54, 1.807) is 0 Å². The van der Waals surface area contributed by atoms with Crippen molar-refractivity contribution in [2.75, 3.05) is 0 Å². The molecule has 0 spiro atoms. The van der Waals surface area contributed by atoms with E-state index in [-0.39, 0.29) is 5.02 Å². The monoisotopic (exact) mass is 288 g/mol. The molecular formula is C11H9ClO7. The Morgan fingerprint density at radius 2 is 1.68 bits per heavy atom. The maximum absolute atomic E-state index is 11.9. The molecule has 1 rings (SSSR count). The van der Waals surface area contributed by atoms with Crippen molar-refractivity contribution in [3.05, 3.63) is 34.9 Å². The second kappa shape index (κ2) is 5.35. The molecule has 0 radical (unpaired) electrons. The minimum absolute atomic E-state index is 0.176. The van der Waals surface area contributed by atoms with Crippen LogP contribution in [0.15, 0.2) is 24.3 Å². The van der Waals surface area contributed by atoms with Crippen LogP contribution in [0.1, 0.15) is 10.4 Å². The van der Waals surface area contributed by atoms with E-state index >= 15 is 0 Å². The van der Waals surface area contributed by atoms with Crippen LogP contribution >= 0.6 is 11.6 Å². The number of hydrogen-bond donors (Lipinski definition) is 4. The highest BCUT2D eigenvalue weighted by Gasteiger charge is 2.54. The maximum atomic E-state index is 11.9. The third-order valence-electron chi connectivity index (χ3n) is 2.42. The standard InChI is InChI=1S/C11H9ClO7/c12-6-4-2-1-3-5(6)7(13)11(19,10(17)18)8(14)9(15)16/h1-4,8,14,19H,(H,15,16)(H,17,18)/t8-,11+/m0/s1. The molecule has 0 aliphatic carbocycles. The van der Waals surface area contributed by atoms with Gasteiger partial charge >= 0.3 is 11.9 Å². The summed E-state index contributed by atoms with van der Waals surface area (Å²) in [5, 5.41) is 36.2. The summed E-state index contributed by atoms with van der Waals surface area (Å²) in [4.78, 5) is 33.5. The van der Waals surface area contributed by atoms with Crippen molar-refractivity contribution in [1.29, 1.82) is 0 Å². The summed E-state index contributed by atoms with van der Waals surface area (Å²) >= 11 is 5.66. The lowest BCUT2D eigenvalue weighted by Gasteiger charge is -2.24. The Morgan fingerprint density at radius 3 is 2.11 bits per heavy atom. The minimum Gasteiger partial charge on any atom is -0.479 e. The van der Waals surface area contributed by atoms with Crippen LogP contribution in [0, 0.1) is 0 Å². The van der Waals surface area contributed by atoms with Gasteiger partial charge < -0.3 is 20.4 Å². The molecule has 0 unspecified atom stereocenters. The third-order valence-corrected chi connectivity index (χ3v) is 2.75. The van der Waals surface area contributed by atoms with Crippen LogP contribution in [0.4, 0.5) is 0 Å². The number of carboxylic acids is 2. The van der Waals surface area contributed by atoms with Gasteiger partial charge in [-0.05, 0) is 12.1 Å². The summed E-state index contributed by atoms with van der Waals surface area (Å²) in [6.07, 6.45) is -2.83. The van der Waals surface area contributed by atoms with Gasteiger partial charge in [0.25, 0.3) is 5.60 Å². The van der Waals surface area contributed by atoms with Crippen molar-refractivity contribution in [2.45, 2.75) is 11.7 Å². The summed E-state index contributed by atoms with van der Waals surface area (Å²) in [7, 11) is 0. The molecule has 8 heteroatoms. The molecule has 7 nitrogen and oxygen atoms in total. The molecule has 1 aromatic rings. The lowest BCUT2D eigenvalue weighted by atomic mass is 9.87. The maximum Gasteiger partial charge on any atom is 0.347 e. The average Bonchev–Trinajstić information content (AvgIpc) is 2.36. The fourth-order valence-corrected chi connectivity index (χ4v) is 1.59. The largest absolute Gasteiger partial charge is 0.479 e. The molecule has 102 valence electrons. The summed E-state index contributed by atoms with van der Waals surface area (Å²) < 4.78 is 0. The van der Waals surface area contributed by atoms with E-state index in [4.69, 9.17) is 21.8 Å². The van der Waals surface area contributed by atoms with Gasteiger partial charge in [0, 0.05) is 5.56 Å². The highest BCUT2D eigenvalue weighted by atomic mass is 35.5. The first-order chi connectivity index (χ1) is 8.72. The Morgan fingerprint density at radius 1 is 1.16 bits per heavy atom. The Labute approximate surface area is 111 Å². The molecular weight excluding hydrogens is 280 g/mol. The molecule has 2 atom stereocenters. The molecule has 0 amide bonds. The lowest BCUT2D eigenvalue weighted by Crippen LogP contribution is -2.58. The molecule has 0 aliphatic rings. The first-order valence-electron chi connectivity index (χ1n) is 4.89. The number of aliphatic hydroxyl groups excluding tert-OH is 1. The van der Waals surface area contributed by atoms with Crippen molar-refractivity contribution in [1.82, 2.24) is 0 Å². The van der Waals surface area contributed by atoms with Crippen LogP contribution in [-0.4, -0.2) is 49.9 Å². The van der Waals surface area contributed by atoms with Crippen LogP contribution in [0.3, 0.4) is 0 Å². The van der Waals surface area contributed by atoms with Crippen LogP contribution in [0.5, 0.6) is 0 Å². The minimum atomic E-state index is -3.52. The second-order valence-corrected chi connectivity index (χ2v) is 4.03. The van der Waals surface area contributed by atoms with Gasteiger partial charge in [-0.1, -0.05) is 23.7 Å². The number of carboxylic acid groups (broad SMARTS) is 2. The summed E-state index contributed by atoms with van der Waals surface area (Å²) in [6, 6.07) is 5.15. The number of carbonyl (C=O) groups is 3. The third kappa shape index (κ3) is 2.58. The van der Waals surface area contributed by atoms with E-state index < -0.39 is 35.0 Å². The number of aliphatic hydroxyl groups is 2. The molecule has 0 saturated heterocycles. The van der Waals surface area contributed by atoms with Gasteiger partial charge in [-0.25, -0.2) is 9.59 Å². The Bertz CT molecular complexity index is 542. The van der Waals surface area contributed by atoms with Gasteiger partial charge in [-0.15, -0.1) is 0 Å². The van der Waals surface area contributed by atoms with Crippen molar-refractivity contribution < 1.29 is 34.8 Å². The first kappa shape index (κ1) is 15.1. The molecule has 0 bridgehead atoms. The second-order valence-electron chi connectivity index (χ2n) is 3.62. The number of aliphatic carboxylic acids is 2. The van der Waals surface area contributed by atoms with Gasteiger partial charge in [0.1, 0.15) is 0 Å². The van der Waals surface area contributed by atoms with Crippen LogP contribution in [0.25, 0.3) is 0 Å². The molecule has 0 fully saturated rings. The highest BCUT2D eigenvalue weighted by molar-refractivity contribution is 6.35. The van der Waals surface area contributed by atoms with Gasteiger partial charge in [-0.2, -0.15) is 0 Å². The van der Waals surface area contributed by atoms with Crippen LogP contribution in [-0.2, 0) is 9.59 Å². The van der Waals surface area contributed by atoms with Gasteiger partial charge in [0.15, 0.2) is 6.10 Å². The van der Waals surface area contributed by atoms with E-state index in [1.165, 1.54) is 18.2 Å². The van der Waals surface area contributed by atoms with Crippen molar-refractivity contribution in [3.8, 4) is 0 Å². The zero-order valence-electron chi connectivity index (χ0n) is 9.28. The van der Waals surface area contributed by atoms with E-state index in [0.717, 1.165) is 6.07 Å². The number of halogens is 1. The van der Waals surface area contributed by atoms with Crippen molar-refractivity contribution in [3.63, 3.8) is 0 Å². The van der Waals surface area contributed by atoms with Gasteiger partial charge in [0.2, 0.25) is 5.78 Å². The zero-order chi connectivity index (χ0) is 14.8. The molecule has 19 heavy (non-hydrogen) atoms. The van der Waals surface area contributed by atoms with E-state index in [0.29, 0.717) is 0 Å². The van der Waals surface area contributed by atoms with Crippen LogP contribution < -0.4 is 0 Å². The fourth-order valence-electron chi connectivity index (χ4n) is 1.37. The van der Waals surface area contributed by atoms with Crippen molar-refractivity contribution in [2.24, 2.45) is 0 Å². The molecule has 0 saturated carbocycles. The number of rotatable bonds is 5. The predicted molar refractivity (Wildman–Crippen MR) is 62.0 cm³/mol. The first-order valence-corrected chi connectivity index (χ1v) is 5.26. The zero-order valence-corrected chi connectivity index (χ0v) is 10.0. The summed E-state index contributed by atoms with van der Waals surface area (Å²) in [5.41, 5.74) is -3.93. The molecule has 4 N–H and O–H groups in total. The Balaban J connectivity index is 3.36. The number of benzene rings is 1.